The Morgan fingerprint density at radius 3 is 3.06 bits per heavy atom. The van der Waals surface area contributed by atoms with E-state index in [1.807, 2.05) is 5.38 Å². The van der Waals surface area contributed by atoms with Crippen molar-refractivity contribution < 1.29 is 0 Å². The Bertz CT molecular complexity index is 349. The quantitative estimate of drug-likeness (QED) is 0.350. The molecular formula is C8H11IN4S3. The standard InChI is InChI=1S/C8H10N4S3.HI/c9-2-1-3-15-7(12-8(10)13)6-4-14-5-11-6;/h4-5,7H,1,3H2,(H3,10,12,13);1H. The van der Waals surface area contributed by atoms with Crippen LogP contribution in [0.4, 0.5) is 0 Å². The summed E-state index contributed by atoms with van der Waals surface area (Å²) in [5, 5.41) is 13.5. The second-order valence-electron chi connectivity index (χ2n) is 2.58. The minimum absolute atomic E-state index is 0. The third-order valence-corrected chi connectivity index (χ3v) is 3.35. The van der Waals surface area contributed by atoms with Gasteiger partial charge >= 0.3 is 0 Å². The molecule has 0 aliphatic heterocycles. The van der Waals surface area contributed by atoms with Gasteiger partial charge in [0.15, 0.2) is 5.11 Å². The Morgan fingerprint density at radius 1 is 1.81 bits per heavy atom. The van der Waals surface area contributed by atoms with Crippen LogP contribution in [-0.4, -0.2) is 15.8 Å². The molecule has 0 bridgehead atoms. The number of hydrogen-bond acceptors (Lipinski definition) is 5. The van der Waals surface area contributed by atoms with Gasteiger partial charge < -0.3 is 11.1 Å². The lowest BCUT2D eigenvalue weighted by Crippen LogP contribution is -2.31. The molecule has 88 valence electrons. The van der Waals surface area contributed by atoms with E-state index in [0.29, 0.717) is 6.42 Å². The molecule has 0 fully saturated rings. The highest BCUT2D eigenvalue weighted by atomic mass is 127. The monoisotopic (exact) mass is 386 g/mol. The van der Waals surface area contributed by atoms with Crippen molar-refractivity contribution >= 4 is 64.4 Å². The highest BCUT2D eigenvalue weighted by molar-refractivity contribution is 14.0. The van der Waals surface area contributed by atoms with Crippen LogP contribution >= 0.6 is 59.3 Å². The van der Waals surface area contributed by atoms with E-state index < -0.39 is 0 Å². The molecule has 1 heterocycles. The third kappa shape index (κ3) is 5.83. The van der Waals surface area contributed by atoms with E-state index in [9.17, 15) is 0 Å². The molecule has 0 saturated carbocycles. The van der Waals surface area contributed by atoms with Gasteiger partial charge in [0, 0.05) is 17.6 Å². The summed E-state index contributed by atoms with van der Waals surface area (Å²) >= 11 is 7.88. The van der Waals surface area contributed by atoms with Crippen LogP contribution in [0.3, 0.4) is 0 Å². The Hall–Kier alpha value is -0.110. The molecule has 0 spiro atoms. The van der Waals surface area contributed by atoms with E-state index in [0.717, 1.165) is 11.4 Å². The van der Waals surface area contributed by atoms with Gasteiger partial charge in [-0.15, -0.1) is 47.1 Å². The predicted molar refractivity (Wildman–Crippen MR) is 82.9 cm³/mol. The Balaban J connectivity index is 0.00000225. The van der Waals surface area contributed by atoms with Gasteiger partial charge in [-0.25, -0.2) is 4.98 Å². The first-order valence-electron chi connectivity index (χ1n) is 4.16. The fraction of sp³-hybridized carbons (Fsp3) is 0.375. The molecule has 0 radical (unpaired) electrons. The maximum Gasteiger partial charge on any atom is 0.164 e. The molecule has 0 aliphatic rings. The number of thioether (sulfide) groups is 1. The normalized spacial score (nSPS) is 10.9. The highest BCUT2D eigenvalue weighted by Gasteiger charge is 2.13. The van der Waals surface area contributed by atoms with Crippen molar-refractivity contribution in [1.29, 1.82) is 5.26 Å². The summed E-state index contributed by atoms with van der Waals surface area (Å²) in [7, 11) is 0. The summed E-state index contributed by atoms with van der Waals surface area (Å²) in [4.78, 5) is 4.19. The van der Waals surface area contributed by atoms with Crippen molar-refractivity contribution in [1.82, 2.24) is 10.3 Å². The fourth-order valence-electron chi connectivity index (χ4n) is 0.904. The van der Waals surface area contributed by atoms with Crippen LogP contribution in [0.15, 0.2) is 10.9 Å². The largest absolute Gasteiger partial charge is 0.376 e. The summed E-state index contributed by atoms with van der Waals surface area (Å²) in [6.45, 7) is 0. The molecular weight excluding hydrogens is 375 g/mol. The molecule has 0 aromatic carbocycles. The van der Waals surface area contributed by atoms with Gasteiger partial charge in [0.1, 0.15) is 5.37 Å². The van der Waals surface area contributed by atoms with Crippen molar-refractivity contribution in [3.63, 3.8) is 0 Å². The number of thiocarbonyl (C=S) groups is 1. The first kappa shape index (κ1) is 15.9. The molecule has 0 aliphatic carbocycles. The number of nitriles is 1. The second-order valence-corrected chi connectivity index (χ2v) is 4.95. The zero-order valence-corrected chi connectivity index (χ0v) is 13.0. The molecule has 1 rings (SSSR count). The molecule has 4 nitrogen and oxygen atoms in total. The van der Waals surface area contributed by atoms with Gasteiger partial charge in [-0.3, -0.25) is 0 Å². The molecule has 1 unspecified atom stereocenters. The van der Waals surface area contributed by atoms with E-state index in [1.54, 1.807) is 17.3 Å². The minimum Gasteiger partial charge on any atom is -0.376 e. The van der Waals surface area contributed by atoms with Crippen molar-refractivity contribution in [2.45, 2.75) is 11.8 Å². The number of halogens is 1. The number of thiazole rings is 1. The first-order chi connectivity index (χ1) is 7.24. The van der Waals surface area contributed by atoms with E-state index in [2.05, 4.69) is 16.4 Å². The summed E-state index contributed by atoms with van der Waals surface area (Å²) in [6, 6.07) is 2.09. The van der Waals surface area contributed by atoms with E-state index in [4.69, 9.17) is 23.2 Å². The predicted octanol–water partition coefficient (Wildman–Crippen LogP) is 2.24. The lowest BCUT2D eigenvalue weighted by atomic mass is 10.5. The minimum atomic E-state index is -0.0536. The van der Waals surface area contributed by atoms with E-state index >= 15 is 0 Å². The summed E-state index contributed by atoms with van der Waals surface area (Å²) in [5.74, 6) is 0.730. The molecule has 3 N–H and O–H groups in total. The van der Waals surface area contributed by atoms with E-state index in [1.165, 1.54) is 11.3 Å². The van der Waals surface area contributed by atoms with Crippen LogP contribution in [0, 0.1) is 11.3 Å². The average molecular weight is 386 g/mol. The van der Waals surface area contributed by atoms with Crippen LogP contribution in [0.2, 0.25) is 0 Å². The third-order valence-electron chi connectivity index (χ3n) is 1.49. The Labute approximate surface area is 125 Å². The Morgan fingerprint density at radius 2 is 2.56 bits per heavy atom. The smallest absolute Gasteiger partial charge is 0.164 e. The lowest BCUT2D eigenvalue weighted by molar-refractivity contribution is 0.860. The topological polar surface area (TPSA) is 74.7 Å². The van der Waals surface area contributed by atoms with Gasteiger partial charge in [-0.2, -0.15) is 5.26 Å². The number of nitrogens with zero attached hydrogens (tertiary/aromatic N) is 2. The summed E-state index contributed by atoms with van der Waals surface area (Å²) < 4.78 is 0. The van der Waals surface area contributed by atoms with Crippen LogP contribution in [0.5, 0.6) is 0 Å². The Kier molecular flexibility index (Phi) is 8.91. The van der Waals surface area contributed by atoms with Crippen LogP contribution in [-0.2, 0) is 0 Å². The lowest BCUT2D eigenvalue weighted by Gasteiger charge is -2.15. The van der Waals surface area contributed by atoms with Gasteiger partial charge in [0.05, 0.1) is 17.3 Å². The van der Waals surface area contributed by atoms with Gasteiger partial charge in [0.25, 0.3) is 0 Å². The molecule has 8 heteroatoms. The number of nitrogens with one attached hydrogen (secondary N) is 1. The molecule has 16 heavy (non-hydrogen) atoms. The first-order valence-corrected chi connectivity index (χ1v) is 6.56. The van der Waals surface area contributed by atoms with Crippen molar-refractivity contribution in [2.75, 3.05) is 5.75 Å². The molecule has 0 saturated heterocycles. The van der Waals surface area contributed by atoms with Gasteiger partial charge in [-0.05, 0) is 12.2 Å². The van der Waals surface area contributed by atoms with Crippen LogP contribution in [0.25, 0.3) is 0 Å². The fourth-order valence-corrected chi connectivity index (χ4v) is 2.72. The average Bonchev–Trinajstić information content (AvgIpc) is 2.68. The second kappa shape index (κ2) is 8.98. The van der Waals surface area contributed by atoms with Crippen LogP contribution in [0.1, 0.15) is 17.5 Å². The van der Waals surface area contributed by atoms with Crippen molar-refractivity contribution in [3.05, 3.63) is 16.6 Å². The number of aromatic nitrogens is 1. The zero-order chi connectivity index (χ0) is 11.1. The number of rotatable bonds is 5. The van der Waals surface area contributed by atoms with Crippen LogP contribution < -0.4 is 11.1 Å². The molecule has 1 aromatic heterocycles. The van der Waals surface area contributed by atoms with Crippen molar-refractivity contribution in [2.24, 2.45) is 5.73 Å². The molecule has 1 aromatic rings. The maximum atomic E-state index is 8.44. The maximum absolute atomic E-state index is 8.44. The summed E-state index contributed by atoms with van der Waals surface area (Å²) in [6.07, 6.45) is 0.504. The highest BCUT2D eigenvalue weighted by Crippen LogP contribution is 2.25. The number of hydrogen-bond donors (Lipinski definition) is 2. The summed E-state index contributed by atoms with van der Waals surface area (Å²) in [5.41, 5.74) is 8.08. The zero-order valence-electron chi connectivity index (χ0n) is 8.25. The van der Waals surface area contributed by atoms with E-state index in [-0.39, 0.29) is 34.5 Å². The van der Waals surface area contributed by atoms with Gasteiger partial charge in [-0.1, -0.05) is 0 Å². The molecule has 1 atom stereocenters. The SMILES string of the molecule is I.N#CCCSC(NC(N)=S)c1cscn1. The molecule has 0 amide bonds. The number of nitrogens with two attached hydrogens (primary N) is 1. The van der Waals surface area contributed by atoms with Gasteiger partial charge in [0.2, 0.25) is 0 Å². The van der Waals surface area contributed by atoms with Crippen molar-refractivity contribution in [3.8, 4) is 6.07 Å².